The van der Waals surface area contributed by atoms with Crippen LogP contribution in [0.25, 0.3) is 60.4 Å². The van der Waals surface area contributed by atoms with Gasteiger partial charge in [0.25, 0.3) is 0 Å². The molecule has 0 atom stereocenters. The second-order valence-corrected chi connectivity index (χ2v) is 14.9. The van der Waals surface area contributed by atoms with Crippen molar-refractivity contribution >= 4 is 61.4 Å². The van der Waals surface area contributed by atoms with E-state index in [2.05, 4.69) is 94.6 Å². The molecule has 0 bridgehead atoms. The van der Waals surface area contributed by atoms with Gasteiger partial charge in [-0.1, -0.05) is 96.1 Å². The maximum absolute atomic E-state index is 15.2. The Kier molecular flexibility index (Phi) is 4.92. The number of hydrogen-bond donors (Lipinski definition) is 0. The van der Waals surface area contributed by atoms with Crippen molar-refractivity contribution in [3.63, 3.8) is 0 Å². The molecule has 0 spiro atoms. The number of para-hydroxylation sites is 2. The molecule has 0 unspecified atom stereocenters. The minimum Gasteiger partial charge on any atom is -0.375 e. The first-order valence-corrected chi connectivity index (χ1v) is 15.6. The molecule has 0 saturated carbocycles. The lowest BCUT2D eigenvalue weighted by molar-refractivity contribution is -0.137. The van der Waals surface area contributed by atoms with Crippen molar-refractivity contribution in [1.29, 1.82) is 0 Å². The first-order chi connectivity index (χ1) is 21.2. The SMILES string of the molecule is CC(C)(C)c1ccc2c(c1)c1cc(C(C)(C)C)cc3c1n2-c1c(C(F)(F)F)ccc2c1B3n1c3ccccc3c3cccc-2c31. The molecule has 222 valence electrons. The van der Waals surface area contributed by atoms with Gasteiger partial charge >= 0.3 is 13.0 Å². The predicted octanol–water partition coefficient (Wildman–Crippen LogP) is 9.45. The van der Waals surface area contributed by atoms with E-state index in [0.29, 0.717) is 0 Å². The van der Waals surface area contributed by atoms with Crippen LogP contribution in [-0.2, 0) is 17.0 Å². The van der Waals surface area contributed by atoms with Gasteiger partial charge in [0.05, 0.1) is 22.3 Å². The molecule has 2 aromatic heterocycles. The molecule has 0 radical (unpaired) electrons. The van der Waals surface area contributed by atoms with Crippen LogP contribution in [0.5, 0.6) is 0 Å². The van der Waals surface area contributed by atoms with E-state index in [1.807, 2.05) is 28.8 Å². The summed E-state index contributed by atoms with van der Waals surface area (Å²) in [5.41, 5.74) is 9.13. The molecule has 0 aliphatic carbocycles. The van der Waals surface area contributed by atoms with Crippen LogP contribution in [0.1, 0.15) is 58.2 Å². The van der Waals surface area contributed by atoms with Gasteiger partial charge in [-0.2, -0.15) is 13.2 Å². The lowest BCUT2D eigenvalue weighted by Crippen LogP contribution is -2.56. The van der Waals surface area contributed by atoms with Gasteiger partial charge in [-0.25, -0.2) is 0 Å². The molecule has 0 fully saturated rings. The fourth-order valence-corrected chi connectivity index (χ4v) is 8.07. The van der Waals surface area contributed by atoms with E-state index < -0.39 is 18.6 Å². The topological polar surface area (TPSA) is 9.86 Å². The van der Waals surface area contributed by atoms with E-state index in [0.717, 1.165) is 71.2 Å². The van der Waals surface area contributed by atoms with Crippen LogP contribution in [0.4, 0.5) is 13.2 Å². The Morgan fingerprint density at radius 3 is 2.02 bits per heavy atom. The van der Waals surface area contributed by atoms with Gasteiger partial charge in [0.15, 0.2) is 0 Å². The molecule has 6 heteroatoms. The number of alkyl halides is 3. The Morgan fingerprint density at radius 2 is 1.29 bits per heavy atom. The van der Waals surface area contributed by atoms with Crippen molar-refractivity contribution in [2.24, 2.45) is 0 Å². The van der Waals surface area contributed by atoms with Crippen LogP contribution >= 0.6 is 0 Å². The van der Waals surface area contributed by atoms with Crippen LogP contribution in [0.3, 0.4) is 0 Å². The monoisotopic (exact) mass is 596 g/mol. The summed E-state index contributed by atoms with van der Waals surface area (Å²) in [5, 5.41) is 4.24. The van der Waals surface area contributed by atoms with Crippen molar-refractivity contribution in [1.82, 2.24) is 9.05 Å². The smallest absolute Gasteiger partial charge is 0.375 e. The number of fused-ring (bicyclic) bond motifs is 10. The van der Waals surface area contributed by atoms with Crippen LogP contribution in [-0.4, -0.2) is 15.9 Å². The summed E-state index contributed by atoms with van der Waals surface area (Å²) in [6.45, 7) is 12.8. The van der Waals surface area contributed by atoms with Gasteiger partial charge < -0.3 is 9.05 Å². The molecular weight excluding hydrogens is 564 g/mol. The number of halogens is 3. The quantitative estimate of drug-likeness (QED) is 0.154. The molecule has 0 amide bonds. The van der Waals surface area contributed by atoms with Crippen molar-refractivity contribution < 1.29 is 13.2 Å². The van der Waals surface area contributed by atoms with Gasteiger partial charge in [0, 0.05) is 38.1 Å². The average Bonchev–Trinajstić information content (AvgIpc) is 3.49. The standard InChI is InChI=1S/C39H32BF3N2/c1-37(2,3)21-14-17-31-27(18-21)28-19-22(38(4,5)6)20-30-35(28)44(31)36-29(39(41,42)43)16-15-24-26-12-9-11-25-23-10-7-8-13-32(23)45(34(25)26)40(30)33(24)36/h7-20H,1-6H3. The second-order valence-electron chi connectivity index (χ2n) is 14.9. The summed E-state index contributed by atoms with van der Waals surface area (Å²) in [4.78, 5) is 0. The summed E-state index contributed by atoms with van der Waals surface area (Å²) >= 11 is 0. The Balaban J connectivity index is 1.57. The minimum absolute atomic E-state index is 0.113. The zero-order chi connectivity index (χ0) is 31.4. The molecule has 2 aliphatic heterocycles. The van der Waals surface area contributed by atoms with E-state index in [1.54, 1.807) is 6.07 Å². The zero-order valence-electron chi connectivity index (χ0n) is 26.2. The third-order valence-corrected chi connectivity index (χ3v) is 10.2. The number of benzene rings is 5. The van der Waals surface area contributed by atoms with Gasteiger partial charge in [0.2, 0.25) is 0 Å². The van der Waals surface area contributed by atoms with Crippen molar-refractivity contribution in [3.8, 4) is 16.8 Å². The fraction of sp³-hybridized carbons (Fsp3) is 0.231. The van der Waals surface area contributed by atoms with Crippen molar-refractivity contribution in [3.05, 3.63) is 102 Å². The molecule has 2 nitrogen and oxygen atoms in total. The maximum atomic E-state index is 15.2. The van der Waals surface area contributed by atoms with E-state index in [4.69, 9.17) is 0 Å². The summed E-state index contributed by atoms with van der Waals surface area (Å²) in [6, 6.07) is 28.4. The summed E-state index contributed by atoms with van der Waals surface area (Å²) in [7, 11) is 0. The molecule has 4 heterocycles. The highest BCUT2D eigenvalue weighted by atomic mass is 19.4. The van der Waals surface area contributed by atoms with Crippen molar-refractivity contribution in [2.75, 3.05) is 0 Å². The lowest BCUT2D eigenvalue weighted by Gasteiger charge is -2.36. The van der Waals surface area contributed by atoms with Crippen molar-refractivity contribution in [2.45, 2.75) is 58.5 Å². The molecule has 7 aromatic rings. The molecule has 5 aromatic carbocycles. The van der Waals surface area contributed by atoms with Gasteiger partial charge in [-0.3, -0.25) is 0 Å². The largest absolute Gasteiger partial charge is 0.418 e. The summed E-state index contributed by atoms with van der Waals surface area (Å²) in [6.07, 6.45) is -4.53. The molecule has 45 heavy (non-hydrogen) atoms. The molecule has 9 rings (SSSR count). The summed E-state index contributed by atoms with van der Waals surface area (Å²) in [5.74, 6) is 0. The highest BCUT2D eigenvalue weighted by molar-refractivity contribution is 6.90. The first kappa shape index (κ1) is 26.9. The van der Waals surface area contributed by atoms with Gasteiger partial charge in [0.1, 0.15) is 0 Å². The average molecular weight is 597 g/mol. The summed E-state index contributed by atoms with van der Waals surface area (Å²) < 4.78 is 49.7. The van der Waals surface area contributed by atoms with Gasteiger partial charge in [-0.15, -0.1) is 0 Å². The Morgan fingerprint density at radius 1 is 0.578 bits per heavy atom. The molecule has 0 saturated heterocycles. The van der Waals surface area contributed by atoms with Gasteiger partial charge in [-0.05, 0) is 68.8 Å². The number of aromatic nitrogens is 2. The van der Waals surface area contributed by atoms with E-state index >= 15 is 13.2 Å². The minimum atomic E-state index is -4.53. The fourth-order valence-electron chi connectivity index (χ4n) is 8.07. The van der Waals surface area contributed by atoms with E-state index in [1.165, 1.54) is 11.6 Å². The third-order valence-electron chi connectivity index (χ3n) is 10.2. The number of nitrogens with zero attached hydrogens (tertiary/aromatic N) is 2. The third kappa shape index (κ3) is 3.38. The van der Waals surface area contributed by atoms with E-state index in [9.17, 15) is 0 Å². The Hall–Kier alpha value is -4.45. The van der Waals surface area contributed by atoms with Crippen LogP contribution in [0.15, 0.2) is 84.9 Å². The Labute approximate surface area is 260 Å². The highest BCUT2D eigenvalue weighted by Crippen LogP contribution is 2.47. The number of rotatable bonds is 0. The van der Waals surface area contributed by atoms with E-state index in [-0.39, 0.29) is 16.5 Å². The normalized spacial score (nSPS) is 14.3. The van der Waals surface area contributed by atoms with Crippen LogP contribution < -0.4 is 10.9 Å². The molecular formula is C39H32BF3N2. The van der Waals surface area contributed by atoms with Crippen LogP contribution in [0, 0.1) is 0 Å². The molecule has 0 N–H and O–H groups in total. The first-order valence-electron chi connectivity index (χ1n) is 15.6. The maximum Gasteiger partial charge on any atom is 0.418 e. The second kappa shape index (κ2) is 8.22. The highest BCUT2D eigenvalue weighted by Gasteiger charge is 2.46. The van der Waals surface area contributed by atoms with Crippen LogP contribution in [0.2, 0.25) is 0 Å². The Bertz CT molecular complexity index is 2440. The zero-order valence-corrected chi connectivity index (χ0v) is 26.2. The predicted molar refractivity (Wildman–Crippen MR) is 182 cm³/mol. The number of hydrogen-bond acceptors (Lipinski definition) is 0. The molecule has 2 aliphatic rings. The lowest BCUT2D eigenvalue weighted by atomic mass is 9.45.